The summed E-state index contributed by atoms with van der Waals surface area (Å²) in [5, 5.41) is 12.7. The van der Waals surface area contributed by atoms with E-state index in [9.17, 15) is 0 Å². The highest BCUT2D eigenvalue weighted by atomic mass is 15.2. The lowest BCUT2D eigenvalue weighted by Gasteiger charge is -2.04. The molecule has 0 spiro atoms. The fourth-order valence-corrected chi connectivity index (χ4v) is 1.31. The quantitative estimate of drug-likeness (QED) is 0.683. The highest BCUT2D eigenvalue weighted by molar-refractivity contribution is 5.97. The number of nitrogen functional groups attached to an aromatic ring is 1. The van der Waals surface area contributed by atoms with Crippen LogP contribution in [0.15, 0.2) is 24.3 Å². The SMILES string of the molecule is CNc1nnc(N)c2ccccc12. The van der Waals surface area contributed by atoms with E-state index in [0.717, 1.165) is 16.6 Å². The van der Waals surface area contributed by atoms with E-state index >= 15 is 0 Å². The second kappa shape index (κ2) is 2.90. The predicted octanol–water partition coefficient (Wildman–Crippen LogP) is 1.25. The van der Waals surface area contributed by atoms with E-state index in [1.807, 2.05) is 31.3 Å². The van der Waals surface area contributed by atoms with Crippen LogP contribution in [0.5, 0.6) is 0 Å². The summed E-state index contributed by atoms with van der Waals surface area (Å²) in [5.74, 6) is 1.22. The van der Waals surface area contributed by atoms with Gasteiger partial charge in [0.2, 0.25) is 0 Å². The fraction of sp³-hybridized carbons (Fsp3) is 0.111. The van der Waals surface area contributed by atoms with E-state index in [1.165, 1.54) is 0 Å². The number of benzene rings is 1. The van der Waals surface area contributed by atoms with Crippen LogP contribution >= 0.6 is 0 Å². The smallest absolute Gasteiger partial charge is 0.156 e. The fourth-order valence-electron chi connectivity index (χ4n) is 1.31. The number of aromatic nitrogens is 2. The first-order valence-electron chi connectivity index (χ1n) is 4.01. The maximum Gasteiger partial charge on any atom is 0.156 e. The lowest BCUT2D eigenvalue weighted by molar-refractivity contribution is 1.06. The minimum Gasteiger partial charge on any atom is -0.382 e. The first kappa shape index (κ1) is 7.79. The summed E-state index contributed by atoms with van der Waals surface area (Å²) >= 11 is 0. The van der Waals surface area contributed by atoms with Crippen LogP contribution in [0.4, 0.5) is 11.6 Å². The van der Waals surface area contributed by atoms with Crippen molar-refractivity contribution in [2.75, 3.05) is 18.1 Å². The molecule has 0 saturated heterocycles. The van der Waals surface area contributed by atoms with Crippen molar-refractivity contribution in [2.24, 2.45) is 0 Å². The van der Waals surface area contributed by atoms with E-state index in [-0.39, 0.29) is 0 Å². The lowest BCUT2D eigenvalue weighted by Crippen LogP contribution is -2.00. The van der Waals surface area contributed by atoms with Gasteiger partial charge in [0.1, 0.15) is 0 Å². The van der Waals surface area contributed by atoms with Crippen molar-refractivity contribution in [3.05, 3.63) is 24.3 Å². The summed E-state index contributed by atoms with van der Waals surface area (Å²) in [5.41, 5.74) is 5.68. The monoisotopic (exact) mass is 174 g/mol. The van der Waals surface area contributed by atoms with Crippen molar-refractivity contribution in [1.29, 1.82) is 0 Å². The second-order valence-corrected chi connectivity index (χ2v) is 2.73. The van der Waals surface area contributed by atoms with Crippen molar-refractivity contribution < 1.29 is 0 Å². The van der Waals surface area contributed by atoms with Crippen LogP contribution in [-0.4, -0.2) is 17.2 Å². The number of rotatable bonds is 1. The summed E-state index contributed by atoms with van der Waals surface area (Å²) in [4.78, 5) is 0. The van der Waals surface area contributed by atoms with Gasteiger partial charge in [-0.25, -0.2) is 0 Å². The van der Waals surface area contributed by atoms with Crippen LogP contribution in [0.2, 0.25) is 0 Å². The number of fused-ring (bicyclic) bond motifs is 1. The van der Waals surface area contributed by atoms with Crippen molar-refractivity contribution in [3.63, 3.8) is 0 Å². The Morgan fingerprint density at radius 3 is 2.54 bits per heavy atom. The van der Waals surface area contributed by atoms with Gasteiger partial charge in [0.25, 0.3) is 0 Å². The second-order valence-electron chi connectivity index (χ2n) is 2.73. The summed E-state index contributed by atoms with van der Waals surface area (Å²) < 4.78 is 0. The summed E-state index contributed by atoms with van der Waals surface area (Å²) in [7, 11) is 1.81. The Kier molecular flexibility index (Phi) is 1.73. The number of hydrogen-bond donors (Lipinski definition) is 2. The van der Waals surface area contributed by atoms with Crippen molar-refractivity contribution in [1.82, 2.24) is 10.2 Å². The molecule has 0 radical (unpaired) electrons. The molecule has 13 heavy (non-hydrogen) atoms. The normalized spacial score (nSPS) is 10.2. The van der Waals surface area contributed by atoms with Gasteiger partial charge in [-0.3, -0.25) is 0 Å². The van der Waals surface area contributed by atoms with Gasteiger partial charge in [-0.05, 0) is 0 Å². The van der Waals surface area contributed by atoms with Crippen LogP contribution in [0.1, 0.15) is 0 Å². The minimum absolute atomic E-state index is 0.467. The van der Waals surface area contributed by atoms with Crippen LogP contribution < -0.4 is 11.1 Å². The Bertz CT molecular complexity index is 439. The van der Waals surface area contributed by atoms with Crippen LogP contribution in [0.25, 0.3) is 10.8 Å². The van der Waals surface area contributed by atoms with Gasteiger partial charge >= 0.3 is 0 Å². The Morgan fingerprint density at radius 1 is 1.15 bits per heavy atom. The third kappa shape index (κ3) is 1.16. The third-order valence-electron chi connectivity index (χ3n) is 1.95. The van der Waals surface area contributed by atoms with Gasteiger partial charge in [-0.2, -0.15) is 0 Å². The summed E-state index contributed by atoms with van der Waals surface area (Å²) in [6.07, 6.45) is 0. The molecule has 0 fully saturated rings. The van der Waals surface area contributed by atoms with Crippen LogP contribution in [-0.2, 0) is 0 Å². The molecule has 1 aromatic carbocycles. The molecule has 66 valence electrons. The Morgan fingerprint density at radius 2 is 1.85 bits per heavy atom. The zero-order valence-corrected chi connectivity index (χ0v) is 7.28. The molecule has 2 aromatic rings. The third-order valence-corrected chi connectivity index (χ3v) is 1.95. The molecule has 3 N–H and O–H groups in total. The summed E-state index contributed by atoms with van der Waals surface area (Å²) in [6.45, 7) is 0. The van der Waals surface area contributed by atoms with Crippen LogP contribution in [0.3, 0.4) is 0 Å². The molecule has 0 amide bonds. The van der Waals surface area contributed by atoms with Crippen molar-refractivity contribution in [2.45, 2.75) is 0 Å². The topological polar surface area (TPSA) is 63.8 Å². The first-order chi connectivity index (χ1) is 6.33. The van der Waals surface area contributed by atoms with Crippen molar-refractivity contribution >= 4 is 22.4 Å². The highest BCUT2D eigenvalue weighted by Crippen LogP contribution is 2.23. The molecule has 1 heterocycles. The summed E-state index contributed by atoms with van der Waals surface area (Å²) in [6, 6.07) is 7.77. The van der Waals surface area contributed by atoms with Crippen LogP contribution in [0, 0.1) is 0 Å². The molecule has 0 aliphatic heterocycles. The average Bonchev–Trinajstić information content (AvgIpc) is 2.19. The predicted molar refractivity (Wildman–Crippen MR) is 53.5 cm³/mol. The van der Waals surface area contributed by atoms with Gasteiger partial charge in [-0.1, -0.05) is 24.3 Å². The Balaban J connectivity index is 2.84. The number of anilines is 2. The maximum absolute atomic E-state index is 5.68. The molecule has 4 nitrogen and oxygen atoms in total. The molecule has 0 aliphatic carbocycles. The van der Waals surface area contributed by atoms with Crippen molar-refractivity contribution in [3.8, 4) is 0 Å². The molecule has 1 aromatic heterocycles. The molecule has 0 atom stereocenters. The number of nitrogens with two attached hydrogens (primary N) is 1. The molecule has 0 aliphatic rings. The van der Waals surface area contributed by atoms with E-state index in [4.69, 9.17) is 5.73 Å². The zero-order valence-electron chi connectivity index (χ0n) is 7.28. The lowest BCUT2D eigenvalue weighted by atomic mass is 10.2. The number of nitrogens with one attached hydrogen (secondary N) is 1. The van der Waals surface area contributed by atoms with E-state index < -0.39 is 0 Å². The molecule has 2 rings (SSSR count). The molecule has 0 unspecified atom stereocenters. The van der Waals surface area contributed by atoms with E-state index in [2.05, 4.69) is 15.5 Å². The number of nitrogens with zero attached hydrogens (tertiary/aromatic N) is 2. The van der Waals surface area contributed by atoms with E-state index in [0.29, 0.717) is 5.82 Å². The first-order valence-corrected chi connectivity index (χ1v) is 4.01. The van der Waals surface area contributed by atoms with E-state index in [1.54, 1.807) is 0 Å². The van der Waals surface area contributed by atoms with Gasteiger partial charge in [0.15, 0.2) is 11.6 Å². The van der Waals surface area contributed by atoms with Gasteiger partial charge in [-0.15, -0.1) is 10.2 Å². The molecule has 0 saturated carbocycles. The molecule has 0 bridgehead atoms. The molecule has 4 heteroatoms. The van der Waals surface area contributed by atoms with Gasteiger partial charge in [0, 0.05) is 17.8 Å². The average molecular weight is 174 g/mol. The zero-order chi connectivity index (χ0) is 9.26. The molecular weight excluding hydrogens is 164 g/mol. The molecular formula is C9H10N4. The maximum atomic E-state index is 5.68. The van der Waals surface area contributed by atoms with Gasteiger partial charge in [0.05, 0.1) is 0 Å². The Labute approximate surface area is 75.8 Å². The number of hydrogen-bond acceptors (Lipinski definition) is 4. The van der Waals surface area contributed by atoms with Gasteiger partial charge < -0.3 is 11.1 Å². The Hall–Kier alpha value is -1.84. The minimum atomic E-state index is 0.467. The largest absolute Gasteiger partial charge is 0.382 e. The highest BCUT2D eigenvalue weighted by Gasteiger charge is 2.03. The standard InChI is InChI=1S/C9H10N4/c1-11-9-7-5-3-2-4-6(7)8(10)12-13-9/h2-5H,1H3,(H2,10,12)(H,11,13).